The van der Waals surface area contributed by atoms with Crippen LogP contribution in [0, 0.1) is 5.92 Å². The number of hydrogen-bond donors (Lipinski definition) is 0. The molecular formula is C10H14. The third-order valence-corrected chi connectivity index (χ3v) is 2.72. The highest BCUT2D eigenvalue weighted by Gasteiger charge is 2.18. The van der Waals surface area contributed by atoms with Gasteiger partial charge in [0, 0.05) is 0 Å². The first-order chi connectivity index (χ1) is 4.88. The van der Waals surface area contributed by atoms with Gasteiger partial charge in [-0.25, -0.2) is 0 Å². The van der Waals surface area contributed by atoms with Crippen LogP contribution in [0.5, 0.6) is 0 Å². The summed E-state index contributed by atoms with van der Waals surface area (Å²) in [5, 5.41) is 0. The summed E-state index contributed by atoms with van der Waals surface area (Å²) in [7, 11) is 0. The smallest absolute Gasteiger partial charge is 0.0130 e. The van der Waals surface area contributed by atoms with E-state index in [2.05, 4.69) is 19.1 Å². The predicted octanol–water partition coefficient (Wildman–Crippen LogP) is 3.06. The normalized spacial score (nSPS) is 31.1. The van der Waals surface area contributed by atoms with E-state index in [0.29, 0.717) is 0 Å². The fraction of sp³-hybridized carbons (Fsp3) is 0.600. The van der Waals surface area contributed by atoms with Gasteiger partial charge in [0.25, 0.3) is 0 Å². The third kappa shape index (κ3) is 0.828. The molecule has 0 heteroatoms. The molecule has 2 rings (SSSR count). The average molecular weight is 134 g/mol. The van der Waals surface area contributed by atoms with Crippen molar-refractivity contribution in [3.63, 3.8) is 0 Å². The zero-order chi connectivity index (χ0) is 6.97. The van der Waals surface area contributed by atoms with E-state index >= 15 is 0 Å². The maximum absolute atomic E-state index is 2.35. The van der Waals surface area contributed by atoms with E-state index < -0.39 is 0 Å². The quantitative estimate of drug-likeness (QED) is 0.477. The Morgan fingerprint density at radius 2 is 2.40 bits per heavy atom. The van der Waals surface area contributed by atoms with Crippen LogP contribution in [0.15, 0.2) is 23.3 Å². The topological polar surface area (TPSA) is 0 Å². The maximum atomic E-state index is 2.35. The zero-order valence-corrected chi connectivity index (χ0v) is 6.56. The standard InChI is InChI=1S/C10H14/c1-8-4-2-5-9-6-3-7-10(8)9/h3,7-8H,2,4-6H2,1H3. The van der Waals surface area contributed by atoms with Crippen molar-refractivity contribution in [1.29, 1.82) is 0 Å². The second kappa shape index (κ2) is 2.26. The Hall–Kier alpha value is -0.520. The SMILES string of the molecule is CC1CCCC2=C1C=CC2. The minimum absolute atomic E-state index is 0.850. The van der Waals surface area contributed by atoms with Crippen molar-refractivity contribution >= 4 is 0 Å². The van der Waals surface area contributed by atoms with Crippen LogP contribution in [0.1, 0.15) is 32.6 Å². The Bertz CT molecular complexity index is 196. The lowest BCUT2D eigenvalue weighted by molar-refractivity contribution is 0.547. The Kier molecular flexibility index (Phi) is 1.40. The van der Waals surface area contributed by atoms with E-state index in [4.69, 9.17) is 0 Å². The van der Waals surface area contributed by atoms with Gasteiger partial charge in [-0.2, -0.15) is 0 Å². The Morgan fingerprint density at radius 1 is 1.50 bits per heavy atom. The lowest BCUT2D eigenvalue weighted by Crippen LogP contribution is -2.04. The van der Waals surface area contributed by atoms with E-state index in [1.807, 2.05) is 0 Å². The summed E-state index contributed by atoms with van der Waals surface area (Å²) in [6.07, 6.45) is 10.1. The van der Waals surface area contributed by atoms with Gasteiger partial charge in [-0.1, -0.05) is 24.6 Å². The van der Waals surface area contributed by atoms with E-state index in [9.17, 15) is 0 Å². The molecule has 0 bridgehead atoms. The van der Waals surface area contributed by atoms with Crippen LogP contribution >= 0.6 is 0 Å². The molecule has 0 aromatic carbocycles. The number of hydrogen-bond acceptors (Lipinski definition) is 0. The van der Waals surface area contributed by atoms with Gasteiger partial charge in [0.2, 0.25) is 0 Å². The highest BCUT2D eigenvalue weighted by Crippen LogP contribution is 2.35. The van der Waals surface area contributed by atoms with Crippen molar-refractivity contribution in [2.45, 2.75) is 32.6 Å². The minimum atomic E-state index is 0.850. The van der Waals surface area contributed by atoms with E-state index in [1.165, 1.54) is 25.7 Å². The molecule has 0 nitrogen and oxygen atoms in total. The lowest BCUT2D eigenvalue weighted by Gasteiger charge is -2.20. The molecule has 0 aromatic heterocycles. The molecule has 0 amide bonds. The summed E-state index contributed by atoms with van der Waals surface area (Å²) in [6.45, 7) is 2.35. The summed E-state index contributed by atoms with van der Waals surface area (Å²) in [5.41, 5.74) is 3.38. The van der Waals surface area contributed by atoms with Crippen LogP contribution in [-0.4, -0.2) is 0 Å². The molecule has 0 heterocycles. The van der Waals surface area contributed by atoms with Crippen LogP contribution in [0.3, 0.4) is 0 Å². The molecule has 54 valence electrons. The van der Waals surface area contributed by atoms with Crippen molar-refractivity contribution in [1.82, 2.24) is 0 Å². The summed E-state index contributed by atoms with van der Waals surface area (Å²) in [5.74, 6) is 0.850. The van der Waals surface area contributed by atoms with Gasteiger partial charge in [-0.15, -0.1) is 0 Å². The summed E-state index contributed by atoms with van der Waals surface area (Å²) < 4.78 is 0. The molecule has 0 fully saturated rings. The average Bonchev–Trinajstić information content (AvgIpc) is 2.36. The third-order valence-electron chi connectivity index (χ3n) is 2.72. The van der Waals surface area contributed by atoms with Crippen LogP contribution in [0.4, 0.5) is 0 Å². The van der Waals surface area contributed by atoms with Crippen LogP contribution in [0.2, 0.25) is 0 Å². The first kappa shape index (κ1) is 6.21. The molecule has 0 aliphatic heterocycles. The van der Waals surface area contributed by atoms with Crippen LogP contribution in [0.25, 0.3) is 0 Å². The molecule has 2 aliphatic rings. The van der Waals surface area contributed by atoms with Gasteiger partial charge in [0.05, 0.1) is 0 Å². The molecule has 0 saturated carbocycles. The molecule has 0 aromatic rings. The predicted molar refractivity (Wildman–Crippen MR) is 43.8 cm³/mol. The largest absolute Gasteiger partial charge is 0.0802 e. The number of rotatable bonds is 0. The fourth-order valence-electron chi connectivity index (χ4n) is 2.10. The minimum Gasteiger partial charge on any atom is -0.0802 e. The molecule has 1 unspecified atom stereocenters. The molecule has 1 atom stereocenters. The zero-order valence-electron chi connectivity index (χ0n) is 6.56. The maximum Gasteiger partial charge on any atom is -0.0130 e. The van der Waals surface area contributed by atoms with Crippen LogP contribution < -0.4 is 0 Å². The van der Waals surface area contributed by atoms with Gasteiger partial charge in [-0.05, 0) is 37.2 Å². The number of allylic oxidation sites excluding steroid dienone is 4. The van der Waals surface area contributed by atoms with Crippen molar-refractivity contribution in [2.24, 2.45) is 5.92 Å². The van der Waals surface area contributed by atoms with Gasteiger partial charge < -0.3 is 0 Å². The van der Waals surface area contributed by atoms with Gasteiger partial charge in [0.15, 0.2) is 0 Å². The van der Waals surface area contributed by atoms with Crippen molar-refractivity contribution in [3.8, 4) is 0 Å². The summed E-state index contributed by atoms with van der Waals surface area (Å²) >= 11 is 0. The summed E-state index contributed by atoms with van der Waals surface area (Å²) in [6, 6.07) is 0. The molecule has 0 N–H and O–H groups in total. The highest BCUT2D eigenvalue weighted by molar-refractivity contribution is 5.36. The monoisotopic (exact) mass is 134 g/mol. The second-order valence-electron chi connectivity index (χ2n) is 3.46. The van der Waals surface area contributed by atoms with Crippen molar-refractivity contribution in [3.05, 3.63) is 23.3 Å². The first-order valence-electron chi connectivity index (χ1n) is 4.26. The highest BCUT2D eigenvalue weighted by atomic mass is 14.2. The molecular weight excluding hydrogens is 120 g/mol. The van der Waals surface area contributed by atoms with E-state index in [0.717, 1.165) is 5.92 Å². The first-order valence-corrected chi connectivity index (χ1v) is 4.26. The van der Waals surface area contributed by atoms with E-state index in [-0.39, 0.29) is 0 Å². The second-order valence-corrected chi connectivity index (χ2v) is 3.46. The van der Waals surface area contributed by atoms with Gasteiger partial charge in [0.1, 0.15) is 0 Å². The Morgan fingerprint density at radius 3 is 3.20 bits per heavy atom. The molecule has 0 radical (unpaired) electrons. The molecule has 2 aliphatic carbocycles. The molecule has 10 heavy (non-hydrogen) atoms. The van der Waals surface area contributed by atoms with Crippen molar-refractivity contribution in [2.75, 3.05) is 0 Å². The van der Waals surface area contributed by atoms with E-state index in [1.54, 1.807) is 11.1 Å². The van der Waals surface area contributed by atoms with Gasteiger partial charge in [-0.3, -0.25) is 0 Å². The summed E-state index contributed by atoms with van der Waals surface area (Å²) in [4.78, 5) is 0. The van der Waals surface area contributed by atoms with Crippen molar-refractivity contribution < 1.29 is 0 Å². The van der Waals surface area contributed by atoms with Gasteiger partial charge >= 0.3 is 0 Å². The fourth-order valence-corrected chi connectivity index (χ4v) is 2.10. The lowest BCUT2D eigenvalue weighted by atomic mass is 9.86. The Balaban J connectivity index is 2.29. The van der Waals surface area contributed by atoms with Crippen LogP contribution in [-0.2, 0) is 0 Å². The Labute approximate surface area is 62.6 Å². The molecule has 0 spiro atoms. The molecule has 0 saturated heterocycles.